The Labute approximate surface area is 282 Å². The number of hydrogen-bond acceptors (Lipinski definition) is 2. The average Bonchev–Trinajstić information content (AvgIpc) is 3.54. The van der Waals surface area contributed by atoms with E-state index in [-0.39, 0.29) is 0 Å². The number of fused-ring (bicyclic) bond motifs is 7. The molecule has 0 atom stereocenters. The molecule has 0 N–H and O–H groups in total. The normalized spacial score (nSPS) is 11.7. The largest absolute Gasteiger partial charge is 0.456 e. The molecule has 0 aliphatic heterocycles. The van der Waals surface area contributed by atoms with E-state index in [0.717, 1.165) is 60.2 Å². The van der Waals surface area contributed by atoms with Crippen molar-refractivity contribution in [2.75, 3.05) is 0 Å². The molecule has 0 aliphatic carbocycles. The standard InChI is InChI=1S/C47H27NO/c48-28-41-31-15-4-6-17-33(31)45(34-18-7-5-16-32(34)41)30-25-26-39-43(27-30)49-42-24-12-23-40(47(39)42)46-37-21-10-8-19-35(37)44(29-13-2-1-3-14-29)36-20-9-11-22-38(36)46/h1-27H. The van der Waals surface area contributed by atoms with Crippen LogP contribution in [0.4, 0.5) is 0 Å². The minimum absolute atomic E-state index is 0.710. The van der Waals surface area contributed by atoms with Crippen LogP contribution >= 0.6 is 0 Å². The molecule has 1 aromatic heterocycles. The highest BCUT2D eigenvalue weighted by Crippen LogP contribution is 2.47. The van der Waals surface area contributed by atoms with E-state index in [1.807, 2.05) is 36.4 Å². The van der Waals surface area contributed by atoms with Crippen molar-refractivity contribution in [3.63, 3.8) is 0 Å². The van der Waals surface area contributed by atoms with E-state index in [4.69, 9.17) is 4.42 Å². The first-order valence-electron chi connectivity index (χ1n) is 16.6. The average molecular weight is 622 g/mol. The van der Waals surface area contributed by atoms with Crippen molar-refractivity contribution in [1.82, 2.24) is 0 Å². The molecule has 0 unspecified atom stereocenters. The number of benzene rings is 9. The van der Waals surface area contributed by atoms with Crippen LogP contribution < -0.4 is 0 Å². The van der Waals surface area contributed by atoms with Crippen LogP contribution in [0.2, 0.25) is 0 Å². The summed E-state index contributed by atoms with van der Waals surface area (Å²) in [7, 11) is 0. The van der Waals surface area contributed by atoms with Crippen molar-refractivity contribution in [1.29, 1.82) is 5.26 Å². The van der Waals surface area contributed by atoms with Gasteiger partial charge in [-0.2, -0.15) is 5.26 Å². The fourth-order valence-corrected chi connectivity index (χ4v) is 8.08. The number of nitriles is 1. The molecule has 10 aromatic rings. The Morgan fingerprint density at radius 1 is 0.367 bits per heavy atom. The first kappa shape index (κ1) is 27.4. The molecule has 0 saturated heterocycles. The highest BCUT2D eigenvalue weighted by molar-refractivity contribution is 6.26. The number of nitrogens with zero attached hydrogens (tertiary/aromatic N) is 1. The lowest BCUT2D eigenvalue weighted by Crippen LogP contribution is -1.91. The summed E-state index contributed by atoms with van der Waals surface area (Å²) >= 11 is 0. The maximum absolute atomic E-state index is 10.2. The van der Waals surface area contributed by atoms with E-state index in [2.05, 4.69) is 133 Å². The Morgan fingerprint density at radius 2 is 0.857 bits per heavy atom. The smallest absolute Gasteiger partial charge is 0.136 e. The molecule has 0 saturated carbocycles. The topological polar surface area (TPSA) is 36.9 Å². The van der Waals surface area contributed by atoms with Gasteiger partial charge in [0.25, 0.3) is 0 Å². The molecule has 0 radical (unpaired) electrons. The van der Waals surface area contributed by atoms with Gasteiger partial charge in [-0.15, -0.1) is 0 Å². The van der Waals surface area contributed by atoms with Crippen LogP contribution in [0.25, 0.3) is 98.4 Å². The molecule has 49 heavy (non-hydrogen) atoms. The summed E-state index contributed by atoms with van der Waals surface area (Å²) < 4.78 is 6.71. The zero-order valence-corrected chi connectivity index (χ0v) is 26.4. The van der Waals surface area contributed by atoms with Crippen LogP contribution in [0.15, 0.2) is 168 Å². The zero-order chi connectivity index (χ0) is 32.5. The van der Waals surface area contributed by atoms with Gasteiger partial charge < -0.3 is 4.42 Å². The molecule has 1 heterocycles. The van der Waals surface area contributed by atoms with E-state index in [0.29, 0.717) is 5.56 Å². The molecular formula is C47H27NO. The second-order valence-electron chi connectivity index (χ2n) is 12.7. The number of hydrogen-bond donors (Lipinski definition) is 0. The fraction of sp³-hybridized carbons (Fsp3) is 0. The fourth-order valence-electron chi connectivity index (χ4n) is 8.08. The predicted molar refractivity (Wildman–Crippen MR) is 205 cm³/mol. The van der Waals surface area contributed by atoms with Gasteiger partial charge >= 0.3 is 0 Å². The molecule has 0 spiro atoms. The van der Waals surface area contributed by atoms with Crippen molar-refractivity contribution in [2.45, 2.75) is 0 Å². The summed E-state index contributed by atoms with van der Waals surface area (Å²) in [6.45, 7) is 0. The SMILES string of the molecule is N#Cc1c2ccccc2c(-c2ccc3c(c2)oc2cccc(-c4c5ccccc5c(-c5ccccc5)c5ccccc45)c23)c2ccccc12. The van der Waals surface area contributed by atoms with Crippen molar-refractivity contribution >= 4 is 65.0 Å². The summed E-state index contributed by atoms with van der Waals surface area (Å²) in [5, 5.41) is 21.3. The summed E-state index contributed by atoms with van der Waals surface area (Å²) in [6.07, 6.45) is 0. The van der Waals surface area contributed by atoms with Crippen molar-refractivity contribution < 1.29 is 4.42 Å². The van der Waals surface area contributed by atoms with E-state index < -0.39 is 0 Å². The molecule has 226 valence electrons. The summed E-state index contributed by atoms with van der Waals surface area (Å²) in [5.74, 6) is 0. The maximum atomic E-state index is 10.2. The molecule has 0 bridgehead atoms. The molecule has 0 fully saturated rings. The Bertz CT molecular complexity index is 2880. The molecule has 2 heteroatoms. The van der Waals surface area contributed by atoms with Crippen molar-refractivity contribution in [2.24, 2.45) is 0 Å². The molecule has 0 amide bonds. The Hall–Kier alpha value is -6.69. The lowest BCUT2D eigenvalue weighted by Gasteiger charge is -2.18. The van der Waals surface area contributed by atoms with Gasteiger partial charge in [-0.3, -0.25) is 0 Å². The first-order valence-corrected chi connectivity index (χ1v) is 16.6. The monoisotopic (exact) mass is 621 g/mol. The number of rotatable bonds is 3. The number of furan rings is 1. The van der Waals surface area contributed by atoms with Gasteiger partial charge in [-0.05, 0) is 83.9 Å². The third-order valence-corrected chi connectivity index (χ3v) is 10.1. The molecular weight excluding hydrogens is 595 g/mol. The minimum atomic E-state index is 0.710. The lowest BCUT2D eigenvalue weighted by atomic mass is 9.85. The van der Waals surface area contributed by atoms with Crippen LogP contribution in [0.5, 0.6) is 0 Å². The van der Waals surface area contributed by atoms with Crippen LogP contribution in [0.3, 0.4) is 0 Å². The van der Waals surface area contributed by atoms with Crippen molar-refractivity contribution in [3.05, 3.63) is 169 Å². The second-order valence-corrected chi connectivity index (χ2v) is 12.7. The zero-order valence-electron chi connectivity index (χ0n) is 26.4. The van der Waals surface area contributed by atoms with Crippen LogP contribution in [0.1, 0.15) is 5.56 Å². The highest BCUT2D eigenvalue weighted by atomic mass is 16.3. The van der Waals surface area contributed by atoms with Gasteiger partial charge in [0.05, 0.1) is 5.56 Å². The van der Waals surface area contributed by atoms with Crippen molar-refractivity contribution in [3.8, 4) is 39.4 Å². The van der Waals surface area contributed by atoms with Crippen LogP contribution in [-0.4, -0.2) is 0 Å². The first-order chi connectivity index (χ1) is 24.3. The highest BCUT2D eigenvalue weighted by Gasteiger charge is 2.21. The van der Waals surface area contributed by atoms with Gasteiger partial charge in [-0.25, -0.2) is 0 Å². The predicted octanol–water partition coefficient (Wildman–Crippen LogP) is 13.1. The Kier molecular flexibility index (Phi) is 5.97. The molecule has 2 nitrogen and oxygen atoms in total. The van der Waals surface area contributed by atoms with E-state index in [1.54, 1.807) is 0 Å². The van der Waals surface area contributed by atoms with E-state index >= 15 is 0 Å². The summed E-state index contributed by atoms with van der Waals surface area (Å²) in [6, 6.07) is 60.2. The van der Waals surface area contributed by atoms with Crippen LogP contribution in [0, 0.1) is 11.3 Å². The lowest BCUT2D eigenvalue weighted by molar-refractivity contribution is 0.669. The quantitative estimate of drug-likeness (QED) is 0.184. The summed E-state index contributed by atoms with van der Waals surface area (Å²) in [4.78, 5) is 0. The second kappa shape index (κ2) is 10.7. The van der Waals surface area contributed by atoms with Gasteiger partial charge in [0.2, 0.25) is 0 Å². The van der Waals surface area contributed by atoms with E-state index in [9.17, 15) is 5.26 Å². The van der Waals surface area contributed by atoms with Gasteiger partial charge in [0.15, 0.2) is 0 Å². The Balaban J connectivity index is 1.27. The summed E-state index contributed by atoms with van der Waals surface area (Å²) in [5.41, 5.74) is 9.43. The van der Waals surface area contributed by atoms with Gasteiger partial charge in [0.1, 0.15) is 17.2 Å². The van der Waals surface area contributed by atoms with Gasteiger partial charge in [0, 0.05) is 21.5 Å². The van der Waals surface area contributed by atoms with Crippen LogP contribution in [-0.2, 0) is 0 Å². The molecule has 10 rings (SSSR count). The Morgan fingerprint density at radius 3 is 1.43 bits per heavy atom. The van der Waals surface area contributed by atoms with E-state index in [1.165, 1.54) is 38.2 Å². The third kappa shape index (κ3) is 4.00. The van der Waals surface area contributed by atoms with Gasteiger partial charge in [-0.1, -0.05) is 146 Å². The third-order valence-electron chi connectivity index (χ3n) is 10.1. The molecule has 0 aliphatic rings. The maximum Gasteiger partial charge on any atom is 0.136 e. The minimum Gasteiger partial charge on any atom is -0.456 e. The molecule has 9 aromatic carbocycles.